The van der Waals surface area contributed by atoms with Gasteiger partial charge in [0.2, 0.25) is 5.91 Å². The second-order valence-electron chi connectivity index (χ2n) is 7.34. The molecular weight excluding hydrogens is 372 g/mol. The maximum absolute atomic E-state index is 13.0. The van der Waals surface area contributed by atoms with Crippen LogP contribution in [0.5, 0.6) is 0 Å². The number of hydrogen-bond donors (Lipinski definition) is 1. The van der Waals surface area contributed by atoms with E-state index in [9.17, 15) is 13.2 Å². The highest BCUT2D eigenvalue weighted by molar-refractivity contribution is 7.93. The Kier molecular flexibility index (Phi) is 3.91. The number of carbonyl (C=O) groups is 1. The molecule has 0 radical (unpaired) electrons. The van der Waals surface area contributed by atoms with E-state index in [1.807, 2.05) is 30.3 Å². The zero-order valence-electron chi connectivity index (χ0n) is 15.3. The van der Waals surface area contributed by atoms with Gasteiger partial charge in [0.15, 0.2) is 0 Å². The molecule has 1 heterocycles. The molecule has 0 aromatic heterocycles. The Morgan fingerprint density at radius 2 is 1.71 bits per heavy atom. The lowest BCUT2D eigenvalue weighted by atomic mass is 9.90. The highest BCUT2D eigenvalue weighted by atomic mass is 32.2. The van der Waals surface area contributed by atoms with Gasteiger partial charge in [0.25, 0.3) is 10.0 Å². The summed E-state index contributed by atoms with van der Waals surface area (Å²) < 4.78 is 27.3. The Balaban J connectivity index is 1.46. The molecule has 0 saturated heterocycles. The van der Waals surface area contributed by atoms with Crippen molar-refractivity contribution in [2.45, 2.75) is 30.6 Å². The number of rotatable bonds is 3. The van der Waals surface area contributed by atoms with Crippen molar-refractivity contribution in [1.82, 2.24) is 0 Å². The first-order chi connectivity index (χ1) is 13.6. The van der Waals surface area contributed by atoms with Crippen molar-refractivity contribution in [1.29, 1.82) is 0 Å². The molecule has 0 unspecified atom stereocenters. The van der Waals surface area contributed by atoms with Crippen LogP contribution in [0.1, 0.15) is 24.0 Å². The number of nitrogens with zero attached hydrogens (tertiary/aromatic N) is 1. The molecule has 3 aromatic carbocycles. The van der Waals surface area contributed by atoms with Gasteiger partial charge in [-0.2, -0.15) is 0 Å². The van der Waals surface area contributed by atoms with E-state index < -0.39 is 10.0 Å². The first-order valence-corrected chi connectivity index (χ1v) is 10.9. The Labute approximate surface area is 164 Å². The SMILES string of the molecule is O=C(CN1c2cccc3cccc(c23)S1(=O)=O)Nc1cccc2c1CCCC2. The van der Waals surface area contributed by atoms with Gasteiger partial charge in [-0.15, -0.1) is 0 Å². The normalized spacial score (nSPS) is 16.8. The first-order valence-electron chi connectivity index (χ1n) is 9.51. The van der Waals surface area contributed by atoms with E-state index >= 15 is 0 Å². The number of hydrogen-bond acceptors (Lipinski definition) is 3. The van der Waals surface area contributed by atoms with Crippen LogP contribution in [0.15, 0.2) is 59.5 Å². The lowest BCUT2D eigenvalue weighted by Gasteiger charge is -2.21. The van der Waals surface area contributed by atoms with E-state index in [4.69, 9.17) is 0 Å². The summed E-state index contributed by atoms with van der Waals surface area (Å²) in [5, 5.41) is 4.50. The molecule has 28 heavy (non-hydrogen) atoms. The molecule has 1 aliphatic heterocycles. The van der Waals surface area contributed by atoms with E-state index in [1.54, 1.807) is 18.2 Å². The number of sulfonamides is 1. The molecule has 1 aliphatic carbocycles. The first kappa shape index (κ1) is 17.3. The molecule has 1 amide bonds. The van der Waals surface area contributed by atoms with Gasteiger partial charge in [-0.3, -0.25) is 9.10 Å². The molecule has 142 valence electrons. The fourth-order valence-electron chi connectivity index (χ4n) is 4.35. The summed E-state index contributed by atoms with van der Waals surface area (Å²) in [7, 11) is -3.73. The van der Waals surface area contributed by atoms with Gasteiger partial charge in [0.1, 0.15) is 6.54 Å². The molecule has 3 aromatic rings. The lowest BCUT2D eigenvalue weighted by Crippen LogP contribution is -2.35. The van der Waals surface area contributed by atoms with E-state index in [1.165, 1.54) is 21.9 Å². The van der Waals surface area contributed by atoms with Gasteiger partial charge in [-0.25, -0.2) is 8.42 Å². The topological polar surface area (TPSA) is 66.5 Å². The van der Waals surface area contributed by atoms with E-state index in [0.717, 1.165) is 30.3 Å². The predicted molar refractivity (Wildman–Crippen MR) is 110 cm³/mol. The van der Waals surface area contributed by atoms with Gasteiger partial charge in [-0.1, -0.05) is 36.4 Å². The van der Waals surface area contributed by atoms with Gasteiger partial charge >= 0.3 is 0 Å². The fourth-order valence-corrected chi connectivity index (χ4v) is 6.01. The molecule has 0 fully saturated rings. The summed E-state index contributed by atoms with van der Waals surface area (Å²) in [6.45, 7) is -0.236. The van der Waals surface area contributed by atoms with Crippen LogP contribution >= 0.6 is 0 Å². The maximum Gasteiger partial charge on any atom is 0.265 e. The number of carbonyl (C=O) groups excluding carboxylic acids is 1. The minimum Gasteiger partial charge on any atom is -0.324 e. The average molecular weight is 392 g/mol. The third-order valence-electron chi connectivity index (χ3n) is 5.64. The molecule has 5 rings (SSSR count). The zero-order valence-corrected chi connectivity index (χ0v) is 16.1. The van der Waals surface area contributed by atoms with Crippen molar-refractivity contribution in [3.05, 3.63) is 65.7 Å². The van der Waals surface area contributed by atoms with Crippen LogP contribution in [0.2, 0.25) is 0 Å². The predicted octanol–water partition coefficient (Wildman–Crippen LogP) is 3.87. The Bertz CT molecular complexity index is 1210. The molecule has 6 heteroatoms. The van der Waals surface area contributed by atoms with Crippen LogP contribution in [-0.2, 0) is 27.7 Å². The van der Waals surface area contributed by atoms with Crippen molar-refractivity contribution in [2.24, 2.45) is 0 Å². The third kappa shape index (κ3) is 2.59. The molecular formula is C22H20N2O3S. The van der Waals surface area contributed by atoms with Crippen molar-refractivity contribution < 1.29 is 13.2 Å². The van der Waals surface area contributed by atoms with Crippen molar-refractivity contribution in [3.63, 3.8) is 0 Å². The van der Waals surface area contributed by atoms with Crippen molar-refractivity contribution in [3.8, 4) is 0 Å². The Morgan fingerprint density at radius 1 is 0.964 bits per heavy atom. The quantitative estimate of drug-likeness (QED) is 0.736. The number of amides is 1. The molecule has 0 spiro atoms. The largest absolute Gasteiger partial charge is 0.324 e. The lowest BCUT2D eigenvalue weighted by molar-refractivity contribution is -0.114. The fraction of sp³-hybridized carbons (Fsp3) is 0.227. The highest BCUT2D eigenvalue weighted by Crippen LogP contribution is 2.41. The van der Waals surface area contributed by atoms with Gasteiger partial charge < -0.3 is 5.32 Å². The monoisotopic (exact) mass is 392 g/mol. The summed E-state index contributed by atoms with van der Waals surface area (Å²) >= 11 is 0. The maximum atomic E-state index is 13.0. The molecule has 0 atom stereocenters. The zero-order chi connectivity index (χ0) is 19.3. The molecule has 2 aliphatic rings. The van der Waals surface area contributed by atoms with Crippen molar-refractivity contribution in [2.75, 3.05) is 16.2 Å². The van der Waals surface area contributed by atoms with Crippen LogP contribution in [-0.4, -0.2) is 20.9 Å². The number of anilines is 2. The summed E-state index contributed by atoms with van der Waals surface area (Å²) in [5.74, 6) is -0.327. The summed E-state index contributed by atoms with van der Waals surface area (Å²) in [6, 6.07) is 16.6. The Hall–Kier alpha value is -2.86. The molecule has 0 saturated carbocycles. The van der Waals surface area contributed by atoms with Crippen LogP contribution < -0.4 is 9.62 Å². The van der Waals surface area contributed by atoms with Crippen molar-refractivity contribution >= 4 is 38.1 Å². The van der Waals surface area contributed by atoms with Crippen LogP contribution in [0.4, 0.5) is 11.4 Å². The highest BCUT2D eigenvalue weighted by Gasteiger charge is 2.36. The number of nitrogens with one attached hydrogen (secondary N) is 1. The molecule has 5 nitrogen and oxygen atoms in total. The van der Waals surface area contributed by atoms with Gasteiger partial charge in [-0.05, 0) is 60.4 Å². The smallest absolute Gasteiger partial charge is 0.265 e. The minimum absolute atomic E-state index is 0.236. The standard InChI is InChI=1S/C22H20N2O3S/c25-21(23-18-11-3-7-15-6-1-2-10-17(15)18)14-24-19-12-4-8-16-9-5-13-20(22(16)19)28(24,26)27/h3-5,7-9,11-13H,1-2,6,10,14H2,(H,23,25). The van der Waals surface area contributed by atoms with Crippen LogP contribution in [0, 0.1) is 0 Å². The molecule has 1 N–H and O–H groups in total. The second-order valence-corrected chi connectivity index (χ2v) is 9.17. The van der Waals surface area contributed by atoms with Crippen LogP contribution in [0.3, 0.4) is 0 Å². The average Bonchev–Trinajstić information content (AvgIpc) is 2.92. The van der Waals surface area contributed by atoms with Gasteiger partial charge in [0.05, 0.1) is 10.6 Å². The third-order valence-corrected chi connectivity index (χ3v) is 7.44. The van der Waals surface area contributed by atoms with E-state index in [0.29, 0.717) is 11.1 Å². The summed E-state index contributed by atoms with van der Waals surface area (Å²) in [6.07, 6.45) is 4.24. The van der Waals surface area contributed by atoms with E-state index in [2.05, 4.69) is 11.4 Å². The Morgan fingerprint density at radius 3 is 2.57 bits per heavy atom. The number of benzene rings is 3. The molecule has 0 bridgehead atoms. The number of fused-ring (bicyclic) bond motifs is 1. The van der Waals surface area contributed by atoms with Crippen LogP contribution in [0.25, 0.3) is 10.8 Å². The number of aryl methyl sites for hydroxylation is 1. The second kappa shape index (κ2) is 6.34. The minimum atomic E-state index is -3.73. The summed E-state index contributed by atoms with van der Waals surface area (Å²) in [4.78, 5) is 13.1. The van der Waals surface area contributed by atoms with E-state index in [-0.39, 0.29) is 17.3 Å². The summed E-state index contributed by atoms with van der Waals surface area (Å²) in [5.41, 5.74) is 3.82. The van der Waals surface area contributed by atoms with Gasteiger partial charge in [0, 0.05) is 11.1 Å².